The minimum absolute atomic E-state index is 0.0556. The van der Waals surface area contributed by atoms with E-state index in [-0.39, 0.29) is 5.79 Å². The van der Waals surface area contributed by atoms with Crippen molar-refractivity contribution in [2.75, 3.05) is 25.7 Å². The summed E-state index contributed by atoms with van der Waals surface area (Å²) >= 11 is 5.27. The van der Waals surface area contributed by atoms with E-state index in [0.717, 1.165) is 32.7 Å². The summed E-state index contributed by atoms with van der Waals surface area (Å²) < 4.78 is 15.0. The molecule has 3 fully saturated rings. The van der Waals surface area contributed by atoms with Crippen molar-refractivity contribution in [2.45, 2.75) is 24.7 Å². The van der Waals surface area contributed by atoms with Gasteiger partial charge in [-0.15, -0.1) is 11.6 Å². The number of ether oxygens (including phenoxy) is 3. The van der Waals surface area contributed by atoms with E-state index in [0.29, 0.717) is 12.0 Å². The molecule has 0 radical (unpaired) electrons. The summed E-state index contributed by atoms with van der Waals surface area (Å²) in [6.45, 7) is 2.68. The van der Waals surface area contributed by atoms with Crippen LogP contribution in [0.2, 0.25) is 0 Å². The molecule has 1 unspecified atom stereocenters. The van der Waals surface area contributed by atoms with E-state index in [1.807, 2.05) is 0 Å². The summed E-state index contributed by atoms with van der Waals surface area (Å²) in [5.41, 5.74) is 0. The lowest BCUT2D eigenvalue weighted by atomic mass is 10.0. The maximum atomic E-state index is 5.27. The normalized spacial score (nSPS) is 34.2. The fourth-order valence-corrected chi connectivity index (χ4v) is 1.31. The molecule has 4 heteroatoms. The molecular weight excluding hydrogens is 180 g/mol. The average Bonchev–Trinajstić information content (AvgIpc) is 2.62. The Morgan fingerprint density at radius 3 is 1.75 bits per heavy atom. The molecule has 3 saturated heterocycles. The van der Waals surface area contributed by atoms with Crippen molar-refractivity contribution in [1.82, 2.24) is 0 Å². The second-order valence-corrected chi connectivity index (χ2v) is 3.53. The molecule has 0 aromatic rings. The monoisotopic (exact) mass is 192 g/mol. The van der Waals surface area contributed by atoms with Gasteiger partial charge in [0.1, 0.15) is 0 Å². The van der Waals surface area contributed by atoms with Crippen molar-refractivity contribution in [3.8, 4) is 0 Å². The van der Waals surface area contributed by atoms with Gasteiger partial charge < -0.3 is 14.2 Å². The molecule has 3 aliphatic heterocycles. The molecule has 0 bridgehead atoms. The van der Waals surface area contributed by atoms with Crippen LogP contribution >= 0.6 is 11.6 Å². The number of hydrogen-bond donors (Lipinski definition) is 0. The highest BCUT2D eigenvalue weighted by atomic mass is 35.5. The zero-order valence-electron chi connectivity index (χ0n) is 6.92. The first-order chi connectivity index (χ1) is 5.85. The zero-order valence-corrected chi connectivity index (χ0v) is 7.68. The van der Waals surface area contributed by atoms with E-state index < -0.39 is 0 Å². The Balaban J connectivity index is 0.000000100. The van der Waals surface area contributed by atoms with Gasteiger partial charge in [-0.1, -0.05) is 0 Å². The largest absolute Gasteiger partial charge is 0.372 e. The average molecular weight is 193 g/mol. The van der Waals surface area contributed by atoms with Crippen molar-refractivity contribution in [2.24, 2.45) is 0 Å². The van der Waals surface area contributed by atoms with Crippen molar-refractivity contribution < 1.29 is 14.2 Å². The van der Waals surface area contributed by atoms with Crippen LogP contribution in [0.15, 0.2) is 0 Å². The number of hydrogen-bond acceptors (Lipinski definition) is 3. The van der Waals surface area contributed by atoms with E-state index in [1.54, 1.807) is 0 Å². The van der Waals surface area contributed by atoms with Crippen molar-refractivity contribution in [3.05, 3.63) is 0 Å². The molecule has 0 aromatic carbocycles. The molecule has 0 amide bonds. The first-order valence-corrected chi connectivity index (χ1v) is 4.84. The molecule has 70 valence electrons. The third kappa shape index (κ3) is 1.91. The Morgan fingerprint density at radius 2 is 1.75 bits per heavy atom. The Hall–Kier alpha value is 0.170. The summed E-state index contributed by atoms with van der Waals surface area (Å²) in [5.74, 6) is 0.611. The first-order valence-electron chi connectivity index (χ1n) is 4.30. The van der Waals surface area contributed by atoms with Gasteiger partial charge in [0.25, 0.3) is 0 Å². The topological polar surface area (TPSA) is 31.0 Å². The van der Waals surface area contributed by atoms with Gasteiger partial charge in [0.15, 0.2) is 5.79 Å². The minimum Gasteiger partial charge on any atom is -0.372 e. The summed E-state index contributed by atoms with van der Waals surface area (Å²) in [7, 11) is 0. The van der Waals surface area contributed by atoms with Crippen molar-refractivity contribution in [1.29, 1.82) is 0 Å². The molecule has 0 N–H and O–H groups in total. The standard InChI is InChI=1S/C5H8O2.C3H5ClO/c1-3-6-5(1)2-4-7-5;4-1-3-2-5-3/h1-4H2;3H,1-2H2. The van der Waals surface area contributed by atoms with Crippen LogP contribution in [0.25, 0.3) is 0 Å². The lowest BCUT2D eigenvalue weighted by Crippen LogP contribution is -2.54. The minimum atomic E-state index is -0.0556. The van der Waals surface area contributed by atoms with Crippen molar-refractivity contribution in [3.63, 3.8) is 0 Å². The summed E-state index contributed by atoms with van der Waals surface area (Å²) in [6.07, 6.45) is 2.64. The summed E-state index contributed by atoms with van der Waals surface area (Å²) in [6, 6.07) is 0. The van der Waals surface area contributed by atoms with E-state index >= 15 is 0 Å². The molecule has 12 heavy (non-hydrogen) atoms. The zero-order chi connectivity index (χ0) is 8.44. The summed E-state index contributed by atoms with van der Waals surface area (Å²) in [4.78, 5) is 0. The fraction of sp³-hybridized carbons (Fsp3) is 1.00. The van der Waals surface area contributed by atoms with Gasteiger partial charge in [0.2, 0.25) is 0 Å². The second kappa shape index (κ2) is 3.50. The third-order valence-electron chi connectivity index (χ3n) is 2.27. The van der Waals surface area contributed by atoms with Crippen LogP contribution in [-0.4, -0.2) is 37.6 Å². The Labute approximate surface area is 76.9 Å². The van der Waals surface area contributed by atoms with Gasteiger partial charge >= 0.3 is 0 Å². The molecule has 0 saturated carbocycles. The molecule has 0 aliphatic carbocycles. The Morgan fingerprint density at radius 1 is 1.25 bits per heavy atom. The highest BCUT2D eigenvalue weighted by molar-refractivity contribution is 6.18. The lowest BCUT2D eigenvalue weighted by molar-refractivity contribution is -0.368. The molecular formula is C8H13ClO3. The van der Waals surface area contributed by atoms with Crippen LogP contribution < -0.4 is 0 Å². The molecule has 3 nitrogen and oxygen atoms in total. The number of rotatable bonds is 1. The molecule has 3 heterocycles. The van der Waals surface area contributed by atoms with Gasteiger partial charge in [-0.3, -0.25) is 0 Å². The van der Waals surface area contributed by atoms with Crippen LogP contribution in [0.4, 0.5) is 0 Å². The maximum Gasteiger partial charge on any atom is 0.172 e. The Kier molecular flexibility index (Phi) is 2.55. The van der Waals surface area contributed by atoms with Crippen LogP contribution in [0, 0.1) is 0 Å². The number of halogens is 1. The molecule has 3 rings (SSSR count). The van der Waals surface area contributed by atoms with Crippen LogP contribution in [0.1, 0.15) is 12.8 Å². The highest BCUT2D eigenvalue weighted by Gasteiger charge is 2.45. The smallest absolute Gasteiger partial charge is 0.172 e. The van der Waals surface area contributed by atoms with E-state index in [9.17, 15) is 0 Å². The first kappa shape index (κ1) is 8.75. The predicted octanol–water partition coefficient (Wildman–Crippen LogP) is 1.15. The van der Waals surface area contributed by atoms with E-state index in [4.69, 9.17) is 25.8 Å². The number of alkyl halides is 1. The highest BCUT2D eigenvalue weighted by Crippen LogP contribution is 2.37. The second-order valence-electron chi connectivity index (χ2n) is 3.22. The van der Waals surface area contributed by atoms with Gasteiger partial charge in [-0.2, -0.15) is 0 Å². The molecule has 1 spiro atoms. The number of epoxide rings is 1. The van der Waals surface area contributed by atoms with Crippen molar-refractivity contribution >= 4 is 11.6 Å². The lowest BCUT2D eigenvalue weighted by Gasteiger charge is -2.48. The molecule has 3 aliphatic rings. The van der Waals surface area contributed by atoms with Crippen LogP contribution in [0.5, 0.6) is 0 Å². The molecule has 0 aromatic heterocycles. The SMILES string of the molecule is C1CC2(CCO2)O1.ClCC1CO1. The van der Waals surface area contributed by atoms with Gasteiger partial charge in [0, 0.05) is 12.8 Å². The maximum absolute atomic E-state index is 5.27. The summed E-state index contributed by atoms with van der Waals surface area (Å²) in [5, 5.41) is 0. The van der Waals surface area contributed by atoms with Gasteiger partial charge in [0.05, 0.1) is 31.8 Å². The van der Waals surface area contributed by atoms with E-state index in [2.05, 4.69) is 0 Å². The van der Waals surface area contributed by atoms with Crippen LogP contribution in [0.3, 0.4) is 0 Å². The van der Waals surface area contributed by atoms with E-state index in [1.165, 1.54) is 0 Å². The fourth-order valence-electron chi connectivity index (χ4n) is 1.13. The van der Waals surface area contributed by atoms with Gasteiger partial charge in [-0.05, 0) is 0 Å². The van der Waals surface area contributed by atoms with Crippen LogP contribution in [-0.2, 0) is 14.2 Å². The predicted molar refractivity (Wildman–Crippen MR) is 44.3 cm³/mol. The third-order valence-corrected chi connectivity index (χ3v) is 2.61. The Bertz CT molecular complexity index is 135. The van der Waals surface area contributed by atoms with Gasteiger partial charge in [-0.25, -0.2) is 0 Å². The molecule has 1 atom stereocenters. The quantitative estimate of drug-likeness (QED) is 0.461.